The first-order chi connectivity index (χ1) is 16.6. The molecule has 0 fully saturated rings. The maximum absolute atomic E-state index is 13.0. The van der Waals surface area contributed by atoms with Crippen LogP contribution in [0.1, 0.15) is 35.5 Å². The molecular weight excluding hydrogens is 430 g/mol. The second-order valence-electron chi connectivity index (χ2n) is 7.91. The molecule has 0 saturated heterocycles. The Kier molecular flexibility index (Phi) is 5.84. The van der Waals surface area contributed by atoms with E-state index in [1.54, 1.807) is 30.9 Å². The largest absolute Gasteiger partial charge is 0.464 e. The lowest BCUT2D eigenvalue weighted by atomic mass is 9.99. The smallest absolute Gasteiger partial charge is 0.281 e. The van der Waals surface area contributed by atoms with Gasteiger partial charge in [0.15, 0.2) is 5.82 Å². The molecule has 0 bridgehead atoms. The predicted octanol–water partition coefficient (Wildman–Crippen LogP) is 4.03. The zero-order chi connectivity index (χ0) is 23.5. The van der Waals surface area contributed by atoms with Crippen molar-refractivity contribution in [3.8, 4) is 11.3 Å². The number of carbonyl (C=O) groups excluding carboxylic acids is 1. The van der Waals surface area contributed by atoms with Crippen molar-refractivity contribution >= 4 is 24.0 Å². The summed E-state index contributed by atoms with van der Waals surface area (Å²) >= 11 is 0. The van der Waals surface area contributed by atoms with Crippen LogP contribution in [0.15, 0.2) is 76.6 Å². The Morgan fingerprint density at radius 1 is 1.18 bits per heavy atom. The van der Waals surface area contributed by atoms with Crippen molar-refractivity contribution in [1.29, 1.82) is 0 Å². The molecular formula is C25H23N7O2. The van der Waals surface area contributed by atoms with E-state index in [4.69, 9.17) is 4.42 Å². The summed E-state index contributed by atoms with van der Waals surface area (Å²) in [5.41, 5.74) is 5.32. The van der Waals surface area contributed by atoms with Crippen LogP contribution >= 0.6 is 0 Å². The number of pyridine rings is 1. The highest BCUT2D eigenvalue weighted by Crippen LogP contribution is 2.36. The van der Waals surface area contributed by atoms with Crippen molar-refractivity contribution in [2.75, 3.05) is 5.01 Å². The number of rotatable bonds is 7. The summed E-state index contributed by atoms with van der Waals surface area (Å²) < 4.78 is 5.78. The molecule has 1 aliphatic heterocycles. The van der Waals surface area contributed by atoms with Gasteiger partial charge in [-0.15, -0.1) is 0 Å². The Labute approximate surface area is 196 Å². The van der Waals surface area contributed by atoms with E-state index >= 15 is 0 Å². The number of hydrogen-bond donors (Lipinski definition) is 2. The Morgan fingerprint density at radius 3 is 2.76 bits per heavy atom. The van der Waals surface area contributed by atoms with E-state index in [0.717, 1.165) is 33.8 Å². The third kappa shape index (κ3) is 4.16. The van der Waals surface area contributed by atoms with Gasteiger partial charge in [-0.25, -0.2) is 4.98 Å². The third-order valence-corrected chi connectivity index (χ3v) is 5.65. The van der Waals surface area contributed by atoms with Gasteiger partial charge in [0.1, 0.15) is 5.76 Å². The quantitative estimate of drug-likeness (QED) is 0.409. The number of H-pyrrole nitrogens is 1. The zero-order valence-corrected chi connectivity index (χ0v) is 18.8. The molecule has 0 aromatic carbocycles. The molecule has 1 atom stereocenters. The van der Waals surface area contributed by atoms with Gasteiger partial charge in [-0.05, 0) is 49.8 Å². The van der Waals surface area contributed by atoms with Gasteiger partial charge in [-0.3, -0.25) is 14.8 Å². The minimum atomic E-state index is -0.274. The standard InChI is InChI=1S/C25H23N7O2/c1-16(29-13-18-5-7-26-8-6-18)23-17(2)31-20(24(23)21-4-3-11-34-21)12-19-14-30-32(25(19)33)22-15-27-9-10-28-22/h3-12,14-16,29,31H,13H2,1-2H3/b19-12+. The number of amides is 1. The first-order valence-corrected chi connectivity index (χ1v) is 10.9. The van der Waals surface area contributed by atoms with Crippen LogP contribution in [0.4, 0.5) is 5.82 Å². The minimum absolute atomic E-state index is 0.0145. The molecule has 170 valence electrons. The van der Waals surface area contributed by atoms with Crippen LogP contribution in [0.5, 0.6) is 0 Å². The second-order valence-corrected chi connectivity index (χ2v) is 7.91. The molecule has 0 saturated carbocycles. The minimum Gasteiger partial charge on any atom is -0.464 e. The number of aryl methyl sites for hydroxylation is 1. The normalized spacial score (nSPS) is 15.4. The molecule has 1 aliphatic rings. The van der Waals surface area contributed by atoms with Gasteiger partial charge in [0.2, 0.25) is 0 Å². The van der Waals surface area contributed by atoms with E-state index in [1.165, 1.54) is 23.6 Å². The molecule has 1 unspecified atom stereocenters. The third-order valence-electron chi connectivity index (χ3n) is 5.65. The molecule has 4 aromatic rings. The van der Waals surface area contributed by atoms with Crippen LogP contribution in [0.25, 0.3) is 17.4 Å². The lowest BCUT2D eigenvalue weighted by Crippen LogP contribution is -2.22. The fraction of sp³-hybridized carbons (Fsp3) is 0.160. The first-order valence-electron chi connectivity index (χ1n) is 10.9. The number of carbonyl (C=O) groups is 1. The second kappa shape index (κ2) is 9.24. The fourth-order valence-electron chi connectivity index (χ4n) is 4.04. The lowest BCUT2D eigenvalue weighted by molar-refractivity contribution is -0.114. The summed E-state index contributed by atoms with van der Waals surface area (Å²) in [7, 11) is 0. The summed E-state index contributed by atoms with van der Waals surface area (Å²) in [6.07, 6.45) is 13.1. The SMILES string of the molecule is Cc1[nH]c(/C=C2\C=NN(c3cnccn3)C2=O)c(-c2ccco2)c1C(C)NCc1ccncc1. The molecule has 34 heavy (non-hydrogen) atoms. The highest BCUT2D eigenvalue weighted by molar-refractivity contribution is 6.25. The predicted molar refractivity (Wildman–Crippen MR) is 129 cm³/mol. The van der Waals surface area contributed by atoms with E-state index in [9.17, 15) is 4.79 Å². The molecule has 9 nitrogen and oxygen atoms in total. The molecule has 5 rings (SSSR count). The molecule has 5 heterocycles. The van der Waals surface area contributed by atoms with E-state index in [2.05, 4.69) is 37.3 Å². The maximum Gasteiger partial charge on any atom is 0.281 e. The Hall–Kier alpha value is -4.37. The number of nitrogens with zero attached hydrogens (tertiary/aromatic N) is 5. The van der Waals surface area contributed by atoms with Gasteiger partial charge in [0.05, 0.1) is 29.9 Å². The van der Waals surface area contributed by atoms with Crippen molar-refractivity contribution in [2.24, 2.45) is 5.10 Å². The monoisotopic (exact) mass is 453 g/mol. The summed E-state index contributed by atoms with van der Waals surface area (Å²) in [5.74, 6) is 0.816. The van der Waals surface area contributed by atoms with Gasteiger partial charge in [0, 0.05) is 54.2 Å². The van der Waals surface area contributed by atoms with E-state index in [1.807, 2.05) is 31.2 Å². The number of hydrogen-bond acceptors (Lipinski definition) is 7. The van der Waals surface area contributed by atoms with E-state index in [-0.39, 0.29) is 11.9 Å². The summed E-state index contributed by atoms with van der Waals surface area (Å²) in [6.45, 7) is 4.82. The van der Waals surface area contributed by atoms with Crippen LogP contribution in [-0.2, 0) is 11.3 Å². The van der Waals surface area contributed by atoms with E-state index in [0.29, 0.717) is 17.9 Å². The van der Waals surface area contributed by atoms with Gasteiger partial charge in [-0.2, -0.15) is 10.1 Å². The average Bonchev–Trinajstić information content (AvgIpc) is 3.59. The number of furan rings is 1. The Morgan fingerprint density at radius 2 is 2.03 bits per heavy atom. The van der Waals surface area contributed by atoms with E-state index < -0.39 is 0 Å². The number of aromatic amines is 1. The molecule has 2 N–H and O–H groups in total. The van der Waals surface area contributed by atoms with Crippen LogP contribution in [-0.4, -0.2) is 32.1 Å². The molecule has 0 spiro atoms. The van der Waals surface area contributed by atoms with Crippen molar-refractivity contribution in [3.63, 3.8) is 0 Å². The van der Waals surface area contributed by atoms with Crippen molar-refractivity contribution < 1.29 is 9.21 Å². The molecule has 0 aliphatic carbocycles. The van der Waals surface area contributed by atoms with Gasteiger partial charge in [0.25, 0.3) is 5.91 Å². The van der Waals surface area contributed by atoms with Gasteiger partial charge >= 0.3 is 0 Å². The molecule has 1 amide bonds. The van der Waals surface area contributed by atoms with Gasteiger partial charge < -0.3 is 14.7 Å². The Bertz CT molecular complexity index is 1340. The van der Waals surface area contributed by atoms with Crippen LogP contribution in [0.3, 0.4) is 0 Å². The fourth-order valence-corrected chi connectivity index (χ4v) is 4.04. The topological polar surface area (TPSA) is 112 Å². The number of hydrazone groups is 1. The number of aromatic nitrogens is 4. The van der Waals surface area contributed by atoms with Crippen molar-refractivity contribution in [1.82, 2.24) is 25.3 Å². The zero-order valence-electron chi connectivity index (χ0n) is 18.8. The van der Waals surface area contributed by atoms with Crippen LogP contribution in [0.2, 0.25) is 0 Å². The first kappa shape index (κ1) is 21.5. The molecule has 0 radical (unpaired) electrons. The highest BCUT2D eigenvalue weighted by atomic mass is 16.3. The highest BCUT2D eigenvalue weighted by Gasteiger charge is 2.27. The van der Waals surface area contributed by atoms with Gasteiger partial charge in [-0.1, -0.05) is 0 Å². The van der Waals surface area contributed by atoms with Crippen molar-refractivity contribution in [3.05, 3.63) is 89.6 Å². The molecule has 9 heteroatoms. The van der Waals surface area contributed by atoms with Crippen molar-refractivity contribution in [2.45, 2.75) is 26.4 Å². The van der Waals surface area contributed by atoms with Crippen LogP contribution < -0.4 is 10.3 Å². The number of nitrogens with one attached hydrogen (secondary N) is 2. The number of anilines is 1. The maximum atomic E-state index is 13.0. The summed E-state index contributed by atoms with van der Waals surface area (Å²) in [4.78, 5) is 28.7. The summed E-state index contributed by atoms with van der Waals surface area (Å²) in [6, 6.07) is 7.76. The summed E-state index contributed by atoms with van der Waals surface area (Å²) in [5, 5.41) is 9.03. The molecule has 4 aromatic heterocycles. The average molecular weight is 454 g/mol. The van der Waals surface area contributed by atoms with Crippen LogP contribution in [0, 0.1) is 6.92 Å². The Balaban J connectivity index is 1.48. The lowest BCUT2D eigenvalue weighted by Gasteiger charge is -2.16.